The standard InChI is InChI=1S/C24H29N5O3S/c30-24-22-7-2-1-5-20(22)13-23(24)29-16-21(26-27-29)15-28-10-8-18(9-11-28)19-6-3-4-17(12-19)14-25-33(31)32/h1-7,12,16,18,23-24,30,33H,8-11,13-15H2,(H,25,31,32)/t23-,24-/m1/s1. The molecule has 2 heterocycles. The zero-order chi connectivity index (χ0) is 22.8. The van der Waals surface area contributed by atoms with Crippen LogP contribution in [-0.2, 0) is 30.4 Å². The van der Waals surface area contributed by atoms with Crippen molar-refractivity contribution in [1.29, 1.82) is 0 Å². The van der Waals surface area contributed by atoms with Crippen molar-refractivity contribution in [1.82, 2.24) is 24.6 Å². The lowest BCUT2D eigenvalue weighted by molar-refractivity contribution is 0.120. The van der Waals surface area contributed by atoms with Crippen molar-refractivity contribution in [3.05, 3.63) is 82.7 Å². The largest absolute Gasteiger partial charge is 0.386 e. The van der Waals surface area contributed by atoms with E-state index in [9.17, 15) is 13.5 Å². The molecule has 1 aromatic heterocycles. The number of nitrogens with one attached hydrogen (secondary N) is 1. The average molecular weight is 468 g/mol. The molecule has 0 spiro atoms. The third-order valence-corrected chi connectivity index (χ3v) is 7.29. The van der Waals surface area contributed by atoms with E-state index in [0.717, 1.165) is 55.7 Å². The molecule has 8 nitrogen and oxygen atoms in total. The van der Waals surface area contributed by atoms with Crippen LogP contribution in [-0.4, -0.2) is 46.5 Å². The number of nitrogens with zero attached hydrogens (tertiary/aromatic N) is 4. The summed E-state index contributed by atoms with van der Waals surface area (Å²) in [7, 11) is -2.58. The summed E-state index contributed by atoms with van der Waals surface area (Å²) in [6.07, 6.45) is 4.30. The van der Waals surface area contributed by atoms with Gasteiger partial charge in [-0.3, -0.25) is 4.90 Å². The number of rotatable bonds is 7. The molecule has 2 atom stereocenters. The van der Waals surface area contributed by atoms with Crippen LogP contribution in [0.15, 0.2) is 54.7 Å². The van der Waals surface area contributed by atoms with Crippen molar-refractivity contribution in [3.63, 3.8) is 0 Å². The third-order valence-electron chi connectivity index (χ3n) is 6.87. The van der Waals surface area contributed by atoms with Gasteiger partial charge in [-0.1, -0.05) is 53.7 Å². The smallest absolute Gasteiger partial charge is 0.201 e. The third kappa shape index (κ3) is 5.01. The molecular weight excluding hydrogens is 438 g/mol. The van der Waals surface area contributed by atoms with Crippen molar-refractivity contribution in [3.8, 4) is 0 Å². The van der Waals surface area contributed by atoms with Gasteiger partial charge in [-0.2, -0.15) is 0 Å². The van der Waals surface area contributed by atoms with Crippen molar-refractivity contribution in [2.75, 3.05) is 13.1 Å². The molecule has 5 rings (SSSR count). The van der Waals surface area contributed by atoms with E-state index in [0.29, 0.717) is 12.5 Å². The van der Waals surface area contributed by atoms with Gasteiger partial charge in [0.05, 0.1) is 17.9 Å². The highest BCUT2D eigenvalue weighted by Gasteiger charge is 2.33. The first-order chi connectivity index (χ1) is 16.1. The Kier molecular flexibility index (Phi) is 6.55. The zero-order valence-electron chi connectivity index (χ0n) is 18.4. The van der Waals surface area contributed by atoms with Crippen LogP contribution in [0.2, 0.25) is 0 Å². The highest BCUT2D eigenvalue weighted by atomic mass is 32.2. The highest BCUT2D eigenvalue weighted by Crippen LogP contribution is 2.38. The van der Waals surface area contributed by atoms with E-state index in [4.69, 9.17) is 0 Å². The minimum atomic E-state index is -2.58. The lowest BCUT2D eigenvalue weighted by Gasteiger charge is -2.31. The molecule has 3 aromatic rings. The number of aliphatic hydroxyl groups is 1. The Morgan fingerprint density at radius 3 is 2.70 bits per heavy atom. The maximum Gasteiger partial charge on any atom is 0.201 e. The molecule has 33 heavy (non-hydrogen) atoms. The van der Waals surface area contributed by atoms with Gasteiger partial charge in [0.1, 0.15) is 6.10 Å². The molecule has 1 aliphatic heterocycles. The Morgan fingerprint density at radius 2 is 1.91 bits per heavy atom. The number of benzene rings is 2. The number of thiol groups is 1. The van der Waals surface area contributed by atoms with Gasteiger partial charge in [0.2, 0.25) is 10.9 Å². The predicted octanol–water partition coefficient (Wildman–Crippen LogP) is 2.10. The van der Waals surface area contributed by atoms with Crippen LogP contribution in [0.4, 0.5) is 0 Å². The van der Waals surface area contributed by atoms with Crippen molar-refractivity contribution >= 4 is 10.9 Å². The summed E-state index contributed by atoms with van der Waals surface area (Å²) < 4.78 is 25.9. The van der Waals surface area contributed by atoms with Gasteiger partial charge in [0.25, 0.3) is 0 Å². The second kappa shape index (κ2) is 9.72. The van der Waals surface area contributed by atoms with Crippen molar-refractivity contribution < 1.29 is 13.5 Å². The molecule has 1 fully saturated rings. The fourth-order valence-electron chi connectivity index (χ4n) is 5.11. The van der Waals surface area contributed by atoms with Crippen molar-refractivity contribution in [2.45, 2.75) is 50.4 Å². The summed E-state index contributed by atoms with van der Waals surface area (Å²) >= 11 is 0. The molecule has 9 heteroatoms. The topological polar surface area (TPSA) is 100 Å². The first-order valence-corrected chi connectivity index (χ1v) is 12.6. The summed E-state index contributed by atoms with van der Waals surface area (Å²) in [5.41, 5.74) is 5.35. The van der Waals surface area contributed by atoms with Gasteiger partial charge in [0.15, 0.2) is 0 Å². The normalized spacial score (nSPS) is 21.5. The Morgan fingerprint density at radius 1 is 1.09 bits per heavy atom. The second-order valence-electron chi connectivity index (χ2n) is 8.99. The molecule has 0 unspecified atom stereocenters. The molecule has 2 N–H and O–H groups in total. The van der Waals surface area contributed by atoms with Crippen LogP contribution in [0, 0.1) is 0 Å². The van der Waals surface area contributed by atoms with Crippen LogP contribution in [0.5, 0.6) is 0 Å². The van der Waals surface area contributed by atoms with Gasteiger partial charge in [-0.05, 0) is 60.5 Å². The molecule has 1 saturated heterocycles. The second-order valence-corrected chi connectivity index (χ2v) is 9.82. The summed E-state index contributed by atoms with van der Waals surface area (Å²) in [4.78, 5) is 2.40. The Bertz CT molecular complexity index is 1180. The van der Waals surface area contributed by atoms with Gasteiger partial charge in [-0.25, -0.2) is 17.8 Å². The molecule has 1 aliphatic carbocycles. The number of piperidine rings is 1. The summed E-state index contributed by atoms with van der Waals surface area (Å²) in [6.45, 7) is 3.04. The van der Waals surface area contributed by atoms with Gasteiger partial charge in [0, 0.05) is 13.1 Å². The van der Waals surface area contributed by atoms with Crippen LogP contribution in [0.25, 0.3) is 0 Å². The molecular formula is C24H29N5O3S. The minimum Gasteiger partial charge on any atom is -0.386 e. The highest BCUT2D eigenvalue weighted by molar-refractivity contribution is 7.70. The van der Waals surface area contributed by atoms with Crippen LogP contribution in [0.3, 0.4) is 0 Å². The summed E-state index contributed by atoms with van der Waals surface area (Å²) in [6, 6.07) is 16.1. The Hall–Kier alpha value is -2.59. The minimum absolute atomic E-state index is 0.101. The molecule has 0 amide bonds. The van der Waals surface area contributed by atoms with Crippen molar-refractivity contribution in [2.24, 2.45) is 0 Å². The maximum absolute atomic E-state index is 10.8. The number of hydrogen-bond acceptors (Lipinski definition) is 6. The average Bonchev–Trinajstić information content (AvgIpc) is 3.43. The number of aliphatic hydroxyl groups excluding tert-OH is 1. The molecule has 174 valence electrons. The van der Waals surface area contributed by atoms with E-state index in [2.05, 4.69) is 38.1 Å². The summed E-state index contributed by atoms with van der Waals surface area (Å²) in [5.74, 6) is 0.477. The summed E-state index contributed by atoms with van der Waals surface area (Å²) in [5, 5.41) is 19.4. The number of likely N-dealkylation sites (tertiary alicyclic amines) is 1. The van der Waals surface area contributed by atoms with E-state index in [1.807, 2.05) is 41.2 Å². The van der Waals surface area contributed by atoms with E-state index in [1.165, 1.54) is 11.1 Å². The van der Waals surface area contributed by atoms with E-state index < -0.39 is 17.0 Å². The number of fused-ring (bicyclic) bond motifs is 1. The van der Waals surface area contributed by atoms with E-state index in [1.54, 1.807) is 0 Å². The SMILES string of the molecule is O=[SH](=O)NCc1cccc(C2CCN(Cc3cn([C@@H]4Cc5ccccc5[C@H]4O)nn3)CC2)c1. The molecule has 2 aromatic carbocycles. The molecule has 2 aliphatic rings. The van der Waals surface area contributed by atoms with Crippen LogP contribution in [0.1, 0.15) is 58.9 Å². The maximum atomic E-state index is 10.8. The lowest BCUT2D eigenvalue weighted by atomic mass is 9.88. The van der Waals surface area contributed by atoms with Crippen LogP contribution < -0.4 is 4.72 Å². The molecule has 0 bridgehead atoms. The van der Waals surface area contributed by atoms with Gasteiger partial charge >= 0.3 is 0 Å². The first-order valence-electron chi connectivity index (χ1n) is 11.4. The fourth-order valence-corrected chi connectivity index (χ4v) is 5.42. The lowest BCUT2D eigenvalue weighted by Crippen LogP contribution is -2.32. The Labute approximate surface area is 195 Å². The van der Waals surface area contributed by atoms with E-state index in [-0.39, 0.29) is 6.04 Å². The molecule has 0 radical (unpaired) electrons. The molecule has 0 saturated carbocycles. The quantitative estimate of drug-likeness (QED) is 0.460. The van der Waals surface area contributed by atoms with E-state index >= 15 is 0 Å². The van der Waals surface area contributed by atoms with Gasteiger partial charge in [-0.15, -0.1) is 5.10 Å². The number of hydrogen-bond donors (Lipinski definition) is 3. The fraction of sp³-hybridized carbons (Fsp3) is 0.417. The number of aromatic nitrogens is 3. The Balaban J connectivity index is 1.16. The van der Waals surface area contributed by atoms with Gasteiger partial charge < -0.3 is 5.11 Å². The predicted molar refractivity (Wildman–Crippen MR) is 125 cm³/mol. The zero-order valence-corrected chi connectivity index (χ0v) is 19.3. The first kappa shape index (κ1) is 22.2. The van der Waals surface area contributed by atoms with Crippen LogP contribution >= 0.6 is 0 Å². The monoisotopic (exact) mass is 467 g/mol.